The Morgan fingerprint density at radius 3 is 1.75 bits per heavy atom. The average molecular weight is 285 g/mol. The molecule has 2 aliphatic heterocycles. The van der Waals surface area contributed by atoms with Crippen LogP contribution in [-0.4, -0.2) is 77.3 Å². The number of urea groups is 1. The van der Waals surface area contributed by atoms with Crippen LogP contribution in [0.25, 0.3) is 0 Å². The van der Waals surface area contributed by atoms with Crippen LogP contribution in [0.2, 0.25) is 0 Å². The first-order chi connectivity index (χ1) is 9.47. The fraction of sp³-hybridized carbons (Fsp3) is 0.750. The van der Waals surface area contributed by atoms with Crippen molar-refractivity contribution >= 4 is 18.0 Å². The van der Waals surface area contributed by atoms with Gasteiger partial charge in [0.15, 0.2) is 5.41 Å². The second-order valence-electron chi connectivity index (χ2n) is 5.20. The number of carboxylic acids is 2. The maximum absolute atomic E-state index is 12.2. The van der Waals surface area contributed by atoms with Crippen LogP contribution in [0.5, 0.6) is 0 Å². The van der Waals surface area contributed by atoms with Gasteiger partial charge in [0.2, 0.25) is 0 Å². The van der Waals surface area contributed by atoms with Crippen LogP contribution in [-0.2, 0) is 9.59 Å². The van der Waals surface area contributed by atoms with E-state index < -0.39 is 17.4 Å². The Bertz CT molecular complexity index is 395. The van der Waals surface area contributed by atoms with Gasteiger partial charge < -0.3 is 25.3 Å². The molecule has 2 amide bonds. The zero-order valence-electron chi connectivity index (χ0n) is 11.2. The van der Waals surface area contributed by atoms with Gasteiger partial charge in [-0.1, -0.05) is 0 Å². The number of hydrogen-bond acceptors (Lipinski definition) is 4. The highest BCUT2D eigenvalue weighted by Gasteiger charge is 2.49. The van der Waals surface area contributed by atoms with E-state index in [0.717, 1.165) is 13.1 Å². The standard InChI is InChI=1S/C12H19N3O5/c16-9(17)12(10(18)19)1-5-14(6-2-12)11(20)15-7-3-13-4-8-15/h13H,1-8H2,(H,16,17)(H,18,19). The molecule has 0 aliphatic carbocycles. The van der Waals surface area contributed by atoms with Crippen molar-refractivity contribution < 1.29 is 24.6 Å². The lowest BCUT2D eigenvalue weighted by molar-refractivity contribution is -0.168. The van der Waals surface area contributed by atoms with Gasteiger partial charge in [0.1, 0.15) is 0 Å². The molecule has 20 heavy (non-hydrogen) atoms. The molecule has 8 heteroatoms. The van der Waals surface area contributed by atoms with E-state index in [9.17, 15) is 14.4 Å². The molecule has 0 bridgehead atoms. The zero-order valence-corrected chi connectivity index (χ0v) is 11.2. The van der Waals surface area contributed by atoms with Crippen molar-refractivity contribution in [3.05, 3.63) is 0 Å². The molecule has 2 rings (SSSR count). The molecule has 2 heterocycles. The first-order valence-corrected chi connectivity index (χ1v) is 6.69. The average Bonchev–Trinajstić information content (AvgIpc) is 2.47. The number of piperidine rings is 1. The lowest BCUT2D eigenvalue weighted by Gasteiger charge is -2.39. The molecule has 0 atom stereocenters. The minimum Gasteiger partial charge on any atom is -0.480 e. The second kappa shape index (κ2) is 5.66. The molecule has 2 fully saturated rings. The van der Waals surface area contributed by atoms with E-state index in [1.54, 1.807) is 9.80 Å². The van der Waals surface area contributed by atoms with Crippen LogP contribution in [0, 0.1) is 5.41 Å². The number of carbonyl (C=O) groups is 3. The van der Waals surface area contributed by atoms with E-state index in [2.05, 4.69) is 5.32 Å². The van der Waals surface area contributed by atoms with Gasteiger partial charge in [0.25, 0.3) is 0 Å². The van der Waals surface area contributed by atoms with Crippen LogP contribution in [0.15, 0.2) is 0 Å². The van der Waals surface area contributed by atoms with E-state index in [1.807, 2.05) is 0 Å². The summed E-state index contributed by atoms with van der Waals surface area (Å²) in [5.41, 5.74) is -1.75. The Morgan fingerprint density at radius 2 is 1.30 bits per heavy atom. The summed E-state index contributed by atoms with van der Waals surface area (Å²) in [5.74, 6) is -2.64. The van der Waals surface area contributed by atoms with Crippen molar-refractivity contribution in [3.8, 4) is 0 Å². The SMILES string of the molecule is O=C(N1CCNCC1)N1CCC(C(=O)O)(C(=O)O)CC1. The third-order valence-corrected chi connectivity index (χ3v) is 4.09. The monoisotopic (exact) mass is 285 g/mol. The first kappa shape index (κ1) is 14.6. The number of carbonyl (C=O) groups excluding carboxylic acids is 1. The van der Waals surface area contributed by atoms with Gasteiger partial charge >= 0.3 is 18.0 Å². The Morgan fingerprint density at radius 1 is 0.850 bits per heavy atom. The molecule has 2 saturated heterocycles. The van der Waals surface area contributed by atoms with Crippen LogP contribution < -0.4 is 5.32 Å². The van der Waals surface area contributed by atoms with Gasteiger partial charge in [0.05, 0.1) is 0 Å². The summed E-state index contributed by atoms with van der Waals surface area (Å²) >= 11 is 0. The quantitative estimate of drug-likeness (QED) is 0.577. The summed E-state index contributed by atoms with van der Waals surface area (Å²) < 4.78 is 0. The van der Waals surface area contributed by atoms with E-state index >= 15 is 0 Å². The number of amides is 2. The fourth-order valence-corrected chi connectivity index (χ4v) is 2.66. The summed E-state index contributed by atoms with van der Waals surface area (Å²) in [6.45, 7) is 3.07. The molecule has 0 saturated carbocycles. The van der Waals surface area contributed by atoms with Crippen molar-refractivity contribution in [3.63, 3.8) is 0 Å². The summed E-state index contributed by atoms with van der Waals surface area (Å²) in [6, 6.07) is -0.129. The summed E-state index contributed by atoms with van der Waals surface area (Å²) in [4.78, 5) is 37.9. The van der Waals surface area contributed by atoms with Crippen molar-refractivity contribution in [2.45, 2.75) is 12.8 Å². The molecule has 0 radical (unpaired) electrons. The Labute approximate surface area is 116 Å². The number of carboxylic acid groups (broad SMARTS) is 2. The van der Waals surface area contributed by atoms with E-state index in [0.29, 0.717) is 13.1 Å². The smallest absolute Gasteiger partial charge is 0.321 e. The van der Waals surface area contributed by atoms with E-state index in [4.69, 9.17) is 10.2 Å². The number of nitrogens with zero attached hydrogens (tertiary/aromatic N) is 2. The second-order valence-corrected chi connectivity index (χ2v) is 5.20. The largest absolute Gasteiger partial charge is 0.480 e. The van der Waals surface area contributed by atoms with E-state index in [-0.39, 0.29) is 32.0 Å². The molecular weight excluding hydrogens is 266 g/mol. The van der Waals surface area contributed by atoms with Gasteiger partial charge in [-0.25, -0.2) is 4.79 Å². The third-order valence-electron chi connectivity index (χ3n) is 4.09. The van der Waals surface area contributed by atoms with Gasteiger partial charge in [-0.2, -0.15) is 0 Å². The Kier molecular flexibility index (Phi) is 4.12. The Hall–Kier alpha value is -1.83. The molecule has 112 valence electrons. The zero-order chi connectivity index (χ0) is 14.8. The van der Waals surface area contributed by atoms with Crippen LogP contribution >= 0.6 is 0 Å². The number of likely N-dealkylation sites (tertiary alicyclic amines) is 1. The fourth-order valence-electron chi connectivity index (χ4n) is 2.66. The highest BCUT2D eigenvalue weighted by molar-refractivity contribution is 5.98. The van der Waals surface area contributed by atoms with Crippen molar-refractivity contribution in [2.24, 2.45) is 5.41 Å². The lowest BCUT2D eigenvalue weighted by Crippen LogP contribution is -2.56. The highest BCUT2D eigenvalue weighted by atomic mass is 16.4. The maximum atomic E-state index is 12.2. The molecule has 0 spiro atoms. The lowest BCUT2D eigenvalue weighted by atomic mass is 9.78. The molecule has 0 aromatic heterocycles. The third kappa shape index (κ3) is 2.55. The molecule has 2 aliphatic rings. The van der Waals surface area contributed by atoms with Crippen LogP contribution in [0.3, 0.4) is 0 Å². The summed E-state index contributed by atoms with van der Waals surface area (Å²) in [7, 11) is 0. The number of piperazine rings is 1. The highest BCUT2D eigenvalue weighted by Crippen LogP contribution is 2.32. The van der Waals surface area contributed by atoms with Gasteiger partial charge in [-0.05, 0) is 12.8 Å². The maximum Gasteiger partial charge on any atom is 0.321 e. The van der Waals surface area contributed by atoms with Crippen molar-refractivity contribution in [1.29, 1.82) is 0 Å². The molecule has 0 aromatic carbocycles. The topological polar surface area (TPSA) is 110 Å². The Balaban J connectivity index is 1.98. The molecule has 8 nitrogen and oxygen atoms in total. The number of nitrogens with one attached hydrogen (secondary N) is 1. The molecular formula is C12H19N3O5. The van der Waals surface area contributed by atoms with Crippen LogP contribution in [0.1, 0.15) is 12.8 Å². The predicted octanol–water partition coefficient (Wildman–Crippen LogP) is -0.737. The molecule has 0 aromatic rings. The normalized spacial score (nSPS) is 22.4. The number of rotatable bonds is 2. The minimum atomic E-state index is -1.75. The van der Waals surface area contributed by atoms with E-state index in [1.165, 1.54) is 0 Å². The van der Waals surface area contributed by atoms with Crippen LogP contribution in [0.4, 0.5) is 4.79 Å². The number of aliphatic carboxylic acids is 2. The minimum absolute atomic E-state index is 0.0461. The molecule has 3 N–H and O–H groups in total. The van der Waals surface area contributed by atoms with Gasteiger partial charge in [-0.3, -0.25) is 9.59 Å². The molecule has 0 unspecified atom stereocenters. The van der Waals surface area contributed by atoms with Crippen molar-refractivity contribution in [1.82, 2.24) is 15.1 Å². The summed E-state index contributed by atoms with van der Waals surface area (Å²) in [5, 5.41) is 21.4. The summed E-state index contributed by atoms with van der Waals surface area (Å²) in [6.07, 6.45) is -0.0923. The van der Waals surface area contributed by atoms with Gasteiger partial charge in [0, 0.05) is 39.3 Å². The van der Waals surface area contributed by atoms with Crippen molar-refractivity contribution in [2.75, 3.05) is 39.3 Å². The van der Waals surface area contributed by atoms with Gasteiger partial charge in [-0.15, -0.1) is 0 Å². The number of hydrogen-bond donors (Lipinski definition) is 3. The predicted molar refractivity (Wildman–Crippen MR) is 68.4 cm³/mol. The first-order valence-electron chi connectivity index (χ1n) is 6.69.